The van der Waals surface area contributed by atoms with Gasteiger partial charge in [-0.3, -0.25) is 4.79 Å². The van der Waals surface area contributed by atoms with Crippen LogP contribution in [-0.2, 0) is 0 Å². The highest BCUT2D eigenvalue weighted by atomic mass is 19.3. The minimum absolute atomic E-state index is 0.0472. The molecule has 0 aliphatic rings. The van der Waals surface area contributed by atoms with Crippen molar-refractivity contribution in [1.82, 2.24) is 0 Å². The fourth-order valence-corrected chi connectivity index (χ4v) is 2.47. The number of hydrogen-bond acceptors (Lipinski definition) is 5. The first kappa shape index (κ1) is 20.2. The van der Waals surface area contributed by atoms with E-state index in [9.17, 15) is 13.6 Å². The smallest absolute Gasteiger partial charge is 0.387 e. The van der Waals surface area contributed by atoms with Gasteiger partial charge < -0.3 is 18.9 Å². The molecule has 144 valence electrons. The molecule has 0 aromatic heterocycles. The first-order valence-electron chi connectivity index (χ1n) is 7.97. The van der Waals surface area contributed by atoms with Crippen LogP contribution in [0.3, 0.4) is 0 Å². The highest BCUT2D eigenvalue weighted by Gasteiger charge is 2.15. The number of methoxy groups -OCH3 is 3. The molecule has 0 bridgehead atoms. The van der Waals surface area contributed by atoms with Crippen LogP contribution < -0.4 is 18.9 Å². The predicted molar refractivity (Wildman–Crippen MR) is 97.3 cm³/mol. The lowest BCUT2D eigenvalue weighted by molar-refractivity contribution is -0.0501. The SMILES string of the molecule is COc1cc(OC)c(OC)cc1/C=C/C(=O)c1cc(C)ccc1OC(F)F. The Morgan fingerprint density at radius 3 is 2.15 bits per heavy atom. The second kappa shape index (κ2) is 9.02. The Labute approximate surface area is 156 Å². The molecule has 0 atom stereocenters. The van der Waals surface area contributed by atoms with Gasteiger partial charge in [0.2, 0.25) is 0 Å². The third-order valence-electron chi connectivity index (χ3n) is 3.77. The van der Waals surface area contributed by atoms with E-state index in [1.54, 1.807) is 25.1 Å². The summed E-state index contributed by atoms with van der Waals surface area (Å²) in [6, 6.07) is 7.71. The number of aryl methyl sites for hydroxylation is 1. The summed E-state index contributed by atoms with van der Waals surface area (Å²) >= 11 is 0. The number of halogens is 2. The predicted octanol–water partition coefficient (Wildman–Crippen LogP) is 4.52. The second-order valence-corrected chi connectivity index (χ2v) is 5.52. The van der Waals surface area contributed by atoms with Crippen molar-refractivity contribution in [1.29, 1.82) is 0 Å². The average Bonchev–Trinajstić information content (AvgIpc) is 2.66. The Kier molecular flexibility index (Phi) is 6.76. The third-order valence-corrected chi connectivity index (χ3v) is 3.77. The summed E-state index contributed by atoms with van der Waals surface area (Å²) < 4.78 is 45.3. The van der Waals surface area contributed by atoms with Gasteiger partial charge in [-0.25, -0.2) is 0 Å². The van der Waals surface area contributed by atoms with E-state index in [0.717, 1.165) is 5.56 Å². The van der Waals surface area contributed by atoms with E-state index < -0.39 is 12.4 Å². The lowest BCUT2D eigenvalue weighted by atomic mass is 10.0. The fourth-order valence-electron chi connectivity index (χ4n) is 2.47. The second-order valence-electron chi connectivity index (χ2n) is 5.52. The maximum atomic E-state index is 12.6. The summed E-state index contributed by atoms with van der Waals surface area (Å²) in [5, 5.41) is 0. The molecular formula is C20H20F2O5. The molecule has 0 heterocycles. The quantitative estimate of drug-likeness (QED) is 0.499. The van der Waals surface area contributed by atoms with Crippen LogP contribution in [0, 0.1) is 6.92 Å². The van der Waals surface area contributed by atoms with E-state index in [1.807, 2.05) is 0 Å². The molecule has 0 amide bonds. The van der Waals surface area contributed by atoms with Crippen LogP contribution >= 0.6 is 0 Å². The van der Waals surface area contributed by atoms with Gasteiger partial charge in [0.1, 0.15) is 11.5 Å². The number of ether oxygens (including phenoxy) is 4. The number of allylic oxidation sites excluding steroid dienone is 1. The number of benzene rings is 2. The zero-order chi connectivity index (χ0) is 20.0. The maximum Gasteiger partial charge on any atom is 0.387 e. The summed E-state index contributed by atoms with van der Waals surface area (Å²) in [5.74, 6) is 0.743. The van der Waals surface area contributed by atoms with Crippen molar-refractivity contribution in [3.8, 4) is 23.0 Å². The summed E-state index contributed by atoms with van der Waals surface area (Å²) in [5.41, 5.74) is 1.36. The van der Waals surface area contributed by atoms with Crippen LogP contribution in [-0.4, -0.2) is 33.7 Å². The van der Waals surface area contributed by atoms with Crippen molar-refractivity contribution in [2.24, 2.45) is 0 Å². The van der Waals surface area contributed by atoms with E-state index in [2.05, 4.69) is 4.74 Å². The van der Waals surface area contributed by atoms with Crippen LogP contribution in [0.2, 0.25) is 0 Å². The minimum Gasteiger partial charge on any atom is -0.496 e. The molecule has 0 unspecified atom stereocenters. The molecule has 2 aromatic rings. The van der Waals surface area contributed by atoms with Gasteiger partial charge in [-0.05, 0) is 37.3 Å². The van der Waals surface area contributed by atoms with Crippen molar-refractivity contribution in [3.63, 3.8) is 0 Å². The number of carbonyl (C=O) groups excluding carboxylic acids is 1. The molecule has 0 aliphatic heterocycles. The summed E-state index contributed by atoms with van der Waals surface area (Å²) in [6.45, 7) is -1.27. The highest BCUT2D eigenvalue weighted by molar-refractivity contribution is 6.09. The van der Waals surface area contributed by atoms with Crippen LogP contribution in [0.4, 0.5) is 8.78 Å². The molecule has 0 fully saturated rings. The molecule has 2 aromatic carbocycles. The summed E-state index contributed by atoms with van der Waals surface area (Å²) in [4.78, 5) is 12.5. The number of alkyl halides is 2. The van der Waals surface area contributed by atoms with Crippen LogP contribution in [0.5, 0.6) is 23.0 Å². The van der Waals surface area contributed by atoms with Crippen LogP contribution in [0.15, 0.2) is 36.4 Å². The first-order chi connectivity index (χ1) is 12.9. The van der Waals surface area contributed by atoms with Gasteiger partial charge in [0.15, 0.2) is 17.3 Å². The number of rotatable bonds is 8. The normalized spacial score (nSPS) is 10.9. The highest BCUT2D eigenvalue weighted by Crippen LogP contribution is 2.35. The molecule has 0 saturated heterocycles. The van der Waals surface area contributed by atoms with E-state index in [0.29, 0.717) is 22.8 Å². The minimum atomic E-state index is -3.02. The Hall–Kier alpha value is -3.09. The van der Waals surface area contributed by atoms with Crippen molar-refractivity contribution < 1.29 is 32.5 Å². The molecule has 0 aliphatic carbocycles. The monoisotopic (exact) mass is 378 g/mol. The zero-order valence-corrected chi connectivity index (χ0v) is 15.4. The molecule has 0 spiro atoms. The Balaban J connectivity index is 2.38. The topological polar surface area (TPSA) is 54.0 Å². The Morgan fingerprint density at radius 2 is 1.56 bits per heavy atom. The van der Waals surface area contributed by atoms with Gasteiger partial charge in [0.05, 0.1) is 26.9 Å². The molecular weight excluding hydrogens is 358 g/mol. The largest absolute Gasteiger partial charge is 0.496 e. The molecule has 7 heteroatoms. The van der Waals surface area contributed by atoms with Crippen LogP contribution in [0.25, 0.3) is 6.08 Å². The third kappa shape index (κ3) is 4.97. The molecule has 0 radical (unpaired) electrons. The Bertz CT molecular complexity index is 847. The summed E-state index contributed by atoms with van der Waals surface area (Å²) in [7, 11) is 4.47. The van der Waals surface area contributed by atoms with E-state index >= 15 is 0 Å². The number of hydrogen-bond donors (Lipinski definition) is 0. The Morgan fingerprint density at radius 1 is 0.926 bits per heavy atom. The summed E-state index contributed by atoms with van der Waals surface area (Å²) in [6.07, 6.45) is 2.77. The van der Waals surface area contributed by atoms with Gasteiger partial charge >= 0.3 is 6.61 Å². The van der Waals surface area contributed by atoms with Crippen molar-refractivity contribution in [2.75, 3.05) is 21.3 Å². The van der Waals surface area contributed by atoms with Crippen molar-refractivity contribution in [2.45, 2.75) is 13.5 Å². The first-order valence-corrected chi connectivity index (χ1v) is 7.97. The van der Waals surface area contributed by atoms with Gasteiger partial charge in [-0.2, -0.15) is 8.78 Å². The molecule has 0 N–H and O–H groups in total. The van der Waals surface area contributed by atoms with Crippen molar-refractivity contribution >= 4 is 11.9 Å². The van der Waals surface area contributed by atoms with E-state index in [4.69, 9.17) is 14.2 Å². The van der Waals surface area contributed by atoms with Crippen molar-refractivity contribution in [3.05, 3.63) is 53.1 Å². The molecule has 5 nitrogen and oxygen atoms in total. The number of ketones is 1. The van der Waals surface area contributed by atoms with Gasteiger partial charge in [-0.15, -0.1) is 0 Å². The number of carbonyl (C=O) groups is 1. The lowest BCUT2D eigenvalue weighted by Gasteiger charge is -2.12. The van der Waals surface area contributed by atoms with E-state index in [1.165, 1.54) is 45.6 Å². The van der Waals surface area contributed by atoms with Gasteiger partial charge in [0.25, 0.3) is 0 Å². The standard InChI is InChI=1S/C20H20F2O5/c1-12-5-8-16(27-20(21)22)14(9-12)15(23)7-6-13-10-18(25-3)19(26-4)11-17(13)24-2/h5-11,20H,1-4H3/b7-6+. The molecule has 0 saturated carbocycles. The van der Waals surface area contributed by atoms with Crippen LogP contribution in [0.1, 0.15) is 21.5 Å². The lowest BCUT2D eigenvalue weighted by Crippen LogP contribution is -2.07. The fraction of sp³-hybridized carbons (Fsp3) is 0.250. The van der Waals surface area contributed by atoms with E-state index in [-0.39, 0.29) is 11.3 Å². The zero-order valence-electron chi connectivity index (χ0n) is 15.4. The maximum absolute atomic E-state index is 12.6. The van der Waals surface area contributed by atoms with Gasteiger partial charge in [-0.1, -0.05) is 11.6 Å². The molecule has 2 rings (SSSR count). The van der Waals surface area contributed by atoms with Gasteiger partial charge in [0, 0.05) is 11.6 Å². The molecule has 27 heavy (non-hydrogen) atoms. The average molecular weight is 378 g/mol.